The lowest BCUT2D eigenvalue weighted by atomic mass is 9.98. The quantitative estimate of drug-likeness (QED) is 0.512. The second kappa shape index (κ2) is 6.05. The molecule has 0 saturated heterocycles. The highest BCUT2D eigenvalue weighted by Gasteiger charge is 2.87. The zero-order valence-electron chi connectivity index (χ0n) is 10.1. The van der Waals surface area contributed by atoms with E-state index >= 15 is 0 Å². The van der Waals surface area contributed by atoms with E-state index in [2.05, 4.69) is 4.74 Å². The van der Waals surface area contributed by atoms with Crippen LogP contribution in [0.4, 0.5) is 48.3 Å². The SMILES string of the molecule is N#CCCOCC(F)(F)C(F)(F)C(F)(F)C(F)(F)C(F)(F)F. The Hall–Kier alpha value is -1.32. The highest BCUT2D eigenvalue weighted by Crippen LogP contribution is 2.57. The summed E-state index contributed by atoms with van der Waals surface area (Å²) in [7, 11) is 0. The van der Waals surface area contributed by atoms with Crippen molar-refractivity contribution in [1.29, 1.82) is 5.26 Å². The number of ether oxygens (including phenoxy) is 1. The lowest BCUT2D eigenvalue weighted by Crippen LogP contribution is -2.67. The molecule has 0 atom stereocenters. The zero-order valence-corrected chi connectivity index (χ0v) is 10.1. The summed E-state index contributed by atoms with van der Waals surface area (Å²) in [6, 6.07) is 1.29. The van der Waals surface area contributed by atoms with Crippen LogP contribution in [0.5, 0.6) is 0 Å². The molecular formula is C9H6F11NO. The molecule has 0 bridgehead atoms. The first-order valence-corrected chi connectivity index (χ1v) is 5.09. The number of rotatable bonds is 7. The Balaban J connectivity index is 5.46. The van der Waals surface area contributed by atoms with E-state index in [-0.39, 0.29) is 0 Å². The van der Waals surface area contributed by atoms with Gasteiger partial charge in [0.15, 0.2) is 0 Å². The van der Waals surface area contributed by atoms with Crippen LogP contribution in [0.15, 0.2) is 0 Å². The second-order valence-electron chi connectivity index (χ2n) is 3.89. The van der Waals surface area contributed by atoms with E-state index in [9.17, 15) is 48.3 Å². The normalized spacial score (nSPS) is 14.8. The Morgan fingerprint density at radius 3 is 1.55 bits per heavy atom. The fourth-order valence-electron chi connectivity index (χ4n) is 1.01. The number of hydrogen-bond donors (Lipinski definition) is 0. The molecule has 0 N–H and O–H groups in total. The summed E-state index contributed by atoms with van der Waals surface area (Å²) in [5, 5.41) is 7.97. The van der Waals surface area contributed by atoms with E-state index in [0.29, 0.717) is 0 Å². The third-order valence-corrected chi connectivity index (χ3v) is 2.25. The molecule has 0 heterocycles. The number of nitrogens with zero attached hydrogens (tertiary/aromatic N) is 1. The smallest absolute Gasteiger partial charge is 0.374 e. The summed E-state index contributed by atoms with van der Waals surface area (Å²) in [5.74, 6) is -27.9. The molecule has 0 aliphatic heterocycles. The first-order chi connectivity index (χ1) is 9.56. The van der Waals surface area contributed by atoms with Gasteiger partial charge in [-0.05, 0) is 0 Å². The highest BCUT2D eigenvalue weighted by atomic mass is 19.4. The van der Waals surface area contributed by atoms with Crippen LogP contribution in [0, 0.1) is 11.3 Å². The van der Waals surface area contributed by atoms with Crippen LogP contribution in [0.1, 0.15) is 6.42 Å². The van der Waals surface area contributed by atoms with Crippen molar-refractivity contribution < 1.29 is 53.0 Å². The molecule has 0 aromatic heterocycles. The molecule has 0 spiro atoms. The maximum Gasteiger partial charge on any atom is 0.460 e. The van der Waals surface area contributed by atoms with Gasteiger partial charge in [0.25, 0.3) is 0 Å². The minimum Gasteiger partial charge on any atom is -0.374 e. The molecule has 0 aliphatic rings. The Morgan fingerprint density at radius 1 is 0.727 bits per heavy atom. The molecule has 0 saturated carbocycles. The van der Waals surface area contributed by atoms with E-state index in [0.717, 1.165) is 0 Å². The maximum atomic E-state index is 12.9. The molecule has 0 aromatic carbocycles. The molecular weight excluding hydrogens is 347 g/mol. The van der Waals surface area contributed by atoms with Gasteiger partial charge in [0.2, 0.25) is 0 Å². The first-order valence-electron chi connectivity index (χ1n) is 5.09. The van der Waals surface area contributed by atoms with Gasteiger partial charge in [0, 0.05) is 0 Å². The van der Waals surface area contributed by atoms with Crippen molar-refractivity contribution in [3.8, 4) is 6.07 Å². The van der Waals surface area contributed by atoms with E-state index in [1.165, 1.54) is 6.07 Å². The van der Waals surface area contributed by atoms with Crippen LogP contribution in [-0.4, -0.2) is 43.1 Å². The van der Waals surface area contributed by atoms with Gasteiger partial charge in [-0.25, -0.2) is 0 Å². The van der Waals surface area contributed by atoms with Crippen LogP contribution in [0.2, 0.25) is 0 Å². The molecule has 0 rings (SSSR count). The summed E-state index contributed by atoms with van der Waals surface area (Å²) >= 11 is 0. The van der Waals surface area contributed by atoms with Crippen molar-refractivity contribution in [2.24, 2.45) is 0 Å². The van der Waals surface area contributed by atoms with Gasteiger partial charge in [0.05, 0.1) is 19.1 Å². The predicted octanol–water partition coefficient (Wildman–Crippen LogP) is 4.02. The van der Waals surface area contributed by atoms with Crippen molar-refractivity contribution in [3.63, 3.8) is 0 Å². The van der Waals surface area contributed by atoms with Crippen LogP contribution in [0.3, 0.4) is 0 Å². The fraction of sp³-hybridized carbons (Fsp3) is 0.889. The Labute approximate surface area is 115 Å². The molecule has 0 unspecified atom stereocenters. The van der Waals surface area contributed by atoms with Crippen molar-refractivity contribution in [2.75, 3.05) is 13.2 Å². The monoisotopic (exact) mass is 353 g/mol. The average Bonchev–Trinajstić information content (AvgIpc) is 2.32. The van der Waals surface area contributed by atoms with Crippen LogP contribution >= 0.6 is 0 Å². The number of alkyl halides is 11. The standard InChI is InChI=1S/C9H6F11NO/c10-5(11,4-22-3-1-2-21)6(12,13)7(14,15)8(16,17)9(18,19)20/h1,3-4H2. The Morgan fingerprint density at radius 2 is 1.18 bits per heavy atom. The van der Waals surface area contributed by atoms with Crippen molar-refractivity contribution in [2.45, 2.75) is 36.3 Å². The number of halogens is 11. The summed E-state index contributed by atoms with van der Waals surface area (Å²) in [6.45, 7) is -3.52. The van der Waals surface area contributed by atoms with Gasteiger partial charge in [-0.2, -0.15) is 53.6 Å². The molecule has 0 fully saturated rings. The van der Waals surface area contributed by atoms with E-state index in [1.54, 1.807) is 0 Å². The van der Waals surface area contributed by atoms with Crippen LogP contribution in [-0.2, 0) is 4.74 Å². The van der Waals surface area contributed by atoms with E-state index in [1.807, 2.05) is 0 Å². The average molecular weight is 353 g/mol. The van der Waals surface area contributed by atoms with E-state index < -0.39 is 49.5 Å². The summed E-state index contributed by atoms with van der Waals surface area (Å²) in [4.78, 5) is 0. The summed E-state index contributed by atoms with van der Waals surface area (Å²) < 4.78 is 141. The molecule has 0 aliphatic carbocycles. The zero-order chi connectivity index (χ0) is 18.0. The molecule has 2 nitrogen and oxygen atoms in total. The minimum atomic E-state index is -7.43. The lowest BCUT2D eigenvalue weighted by Gasteiger charge is -2.37. The fourth-order valence-corrected chi connectivity index (χ4v) is 1.01. The van der Waals surface area contributed by atoms with Gasteiger partial charge < -0.3 is 4.74 Å². The maximum absolute atomic E-state index is 12.9. The van der Waals surface area contributed by atoms with Gasteiger partial charge in [-0.3, -0.25) is 0 Å². The highest BCUT2D eigenvalue weighted by molar-refractivity contribution is 5.06. The molecule has 0 radical (unpaired) electrons. The third kappa shape index (κ3) is 3.36. The number of hydrogen-bond acceptors (Lipinski definition) is 2. The Kier molecular flexibility index (Phi) is 5.69. The predicted molar refractivity (Wildman–Crippen MR) is 46.9 cm³/mol. The third-order valence-electron chi connectivity index (χ3n) is 2.25. The molecule has 13 heteroatoms. The second-order valence-corrected chi connectivity index (χ2v) is 3.89. The van der Waals surface area contributed by atoms with Gasteiger partial charge in [-0.15, -0.1) is 0 Å². The van der Waals surface area contributed by atoms with Crippen LogP contribution in [0.25, 0.3) is 0 Å². The van der Waals surface area contributed by atoms with E-state index in [4.69, 9.17) is 5.26 Å². The first kappa shape index (κ1) is 20.7. The van der Waals surface area contributed by atoms with Gasteiger partial charge >= 0.3 is 29.9 Å². The minimum absolute atomic E-state index is 0.628. The van der Waals surface area contributed by atoms with Crippen molar-refractivity contribution in [3.05, 3.63) is 0 Å². The van der Waals surface area contributed by atoms with Gasteiger partial charge in [-0.1, -0.05) is 0 Å². The molecule has 0 amide bonds. The van der Waals surface area contributed by atoms with Crippen molar-refractivity contribution >= 4 is 0 Å². The lowest BCUT2D eigenvalue weighted by molar-refractivity contribution is -0.424. The molecule has 0 aromatic rings. The van der Waals surface area contributed by atoms with Crippen LogP contribution < -0.4 is 0 Å². The summed E-state index contributed by atoms with van der Waals surface area (Å²) in [6.07, 6.45) is -7.81. The molecule has 22 heavy (non-hydrogen) atoms. The summed E-state index contributed by atoms with van der Waals surface area (Å²) in [5.41, 5.74) is 0. The largest absolute Gasteiger partial charge is 0.460 e. The van der Waals surface area contributed by atoms with Crippen molar-refractivity contribution in [1.82, 2.24) is 0 Å². The molecule has 130 valence electrons. The Bertz CT molecular complexity index is 422. The number of nitriles is 1. The van der Waals surface area contributed by atoms with Gasteiger partial charge in [0.1, 0.15) is 6.61 Å². The topological polar surface area (TPSA) is 33.0 Å².